The molecule has 1 aliphatic heterocycles. The van der Waals surface area contributed by atoms with E-state index in [4.69, 9.17) is 5.73 Å². The molecule has 11 heavy (non-hydrogen) atoms. The quantitative estimate of drug-likeness (QED) is 0.719. The average Bonchev–Trinajstić information content (AvgIpc) is 2.36. The fourth-order valence-corrected chi connectivity index (χ4v) is 2.81. The highest BCUT2D eigenvalue weighted by molar-refractivity contribution is 8.00. The summed E-state index contributed by atoms with van der Waals surface area (Å²) in [7, 11) is 0. The summed E-state index contributed by atoms with van der Waals surface area (Å²) in [6.07, 6.45) is -0.342. The van der Waals surface area contributed by atoms with Gasteiger partial charge in [-0.2, -0.15) is 11.8 Å². The molecule has 1 saturated heterocycles. The minimum absolute atomic E-state index is 0.0336. The predicted molar refractivity (Wildman–Crippen MR) is 44.1 cm³/mol. The Hall–Kier alpha value is 0.170. The van der Waals surface area contributed by atoms with Crippen molar-refractivity contribution in [1.82, 2.24) is 0 Å². The fourth-order valence-electron chi connectivity index (χ4n) is 1.44. The molecule has 0 radical (unpaired) electrons. The van der Waals surface area contributed by atoms with Crippen LogP contribution in [-0.4, -0.2) is 23.5 Å². The van der Waals surface area contributed by atoms with Gasteiger partial charge in [0.15, 0.2) is 0 Å². The molecular formula is C7H13F2NS. The molecule has 1 aliphatic rings. The van der Waals surface area contributed by atoms with E-state index in [9.17, 15) is 8.78 Å². The molecule has 66 valence electrons. The maximum absolute atomic E-state index is 12.0. The molecule has 0 aromatic heterocycles. The number of alkyl halides is 2. The van der Waals surface area contributed by atoms with Crippen LogP contribution < -0.4 is 5.73 Å². The summed E-state index contributed by atoms with van der Waals surface area (Å²) in [6, 6.07) is 0. The molecular weight excluding hydrogens is 168 g/mol. The first-order chi connectivity index (χ1) is 5.18. The monoisotopic (exact) mass is 181 g/mol. The summed E-state index contributed by atoms with van der Waals surface area (Å²) in [5.41, 5.74) is 5.46. The van der Waals surface area contributed by atoms with Crippen LogP contribution in [0.3, 0.4) is 0 Å². The largest absolute Gasteiger partial charge is 0.329 e. The number of halogens is 2. The van der Waals surface area contributed by atoms with E-state index in [-0.39, 0.29) is 11.2 Å². The van der Waals surface area contributed by atoms with Crippen LogP contribution in [0.15, 0.2) is 0 Å². The standard InChI is InChI=1S/C7H13F2NS/c8-6(9)4-7(5-10)2-1-3-11-7/h6H,1-5,10H2. The van der Waals surface area contributed by atoms with Crippen molar-refractivity contribution in [3.8, 4) is 0 Å². The lowest BCUT2D eigenvalue weighted by Gasteiger charge is -2.25. The van der Waals surface area contributed by atoms with Gasteiger partial charge in [-0.15, -0.1) is 0 Å². The van der Waals surface area contributed by atoms with E-state index >= 15 is 0 Å². The number of thioether (sulfide) groups is 1. The van der Waals surface area contributed by atoms with Crippen molar-refractivity contribution in [2.45, 2.75) is 30.4 Å². The van der Waals surface area contributed by atoms with Crippen LogP contribution in [0.1, 0.15) is 19.3 Å². The Labute approximate surface area is 69.7 Å². The predicted octanol–water partition coefficient (Wildman–Crippen LogP) is 1.87. The first-order valence-corrected chi connectivity index (χ1v) is 4.79. The van der Waals surface area contributed by atoms with Crippen LogP contribution in [0.2, 0.25) is 0 Å². The van der Waals surface area contributed by atoms with Crippen molar-refractivity contribution in [3.63, 3.8) is 0 Å². The summed E-state index contributed by atoms with van der Waals surface area (Å²) < 4.78 is 23.8. The van der Waals surface area contributed by atoms with Crippen molar-refractivity contribution >= 4 is 11.8 Å². The van der Waals surface area contributed by atoms with Crippen molar-refractivity contribution in [2.24, 2.45) is 5.73 Å². The second-order valence-electron chi connectivity index (χ2n) is 2.93. The Bertz CT molecular complexity index is 124. The van der Waals surface area contributed by atoms with E-state index in [0.29, 0.717) is 6.54 Å². The van der Waals surface area contributed by atoms with E-state index in [0.717, 1.165) is 18.6 Å². The van der Waals surface area contributed by atoms with Crippen molar-refractivity contribution < 1.29 is 8.78 Å². The highest BCUT2D eigenvalue weighted by atomic mass is 32.2. The van der Waals surface area contributed by atoms with Crippen LogP contribution in [0, 0.1) is 0 Å². The summed E-state index contributed by atoms with van der Waals surface area (Å²) in [5, 5.41) is 0. The van der Waals surface area contributed by atoms with Gasteiger partial charge in [-0.3, -0.25) is 0 Å². The fraction of sp³-hybridized carbons (Fsp3) is 1.00. The molecule has 1 nitrogen and oxygen atoms in total. The molecule has 0 saturated carbocycles. The van der Waals surface area contributed by atoms with Gasteiger partial charge >= 0.3 is 0 Å². The van der Waals surface area contributed by atoms with Crippen molar-refractivity contribution in [2.75, 3.05) is 12.3 Å². The lowest BCUT2D eigenvalue weighted by atomic mass is 10.00. The third kappa shape index (κ3) is 2.30. The zero-order valence-corrected chi connectivity index (χ0v) is 7.17. The minimum Gasteiger partial charge on any atom is -0.329 e. The lowest BCUT2D eigenvalue weighted by Crippen LogP contribution is -2.33. The maximum Gasteiger partial charge on any atom is 0.240 e. The summed E-state index contributed by atoms with van der Waals surface area (Å²) in [5.74, 6) is 0.990. The molecule has 1 heterocycles. The lowest BCUT2D eigenvalue weighted by molar-refractivity contribution is 0.123. The summed E-state index contributed by atoms with van der Waals surface area (Å²) in [4.78, 5) is 0. The van der Waals surface area contributed by atoms with Crippen LogP contribution in [0.25, 0.3) is 0 Å². The van der Waals surface area contributed by atoms with Crippen LogP contribution >= 0.6 is 11.8 Å². The molecule has 0 spiro atoms. The van der Waals surface area contributed by atoms with Gasteiger partial charge in [-0.05, 0) is 18.6 Å². The Morgan fingerprint density at radius 3 is 2.64 bits per heavy atom. The Balaban J connectivity index is 2.45. The van der Waals surface area contributed by atoms with E-state index in [1.54, 1.807) is 11.8 Å². The van der Waals surface area contributed by atoms with Gasteiger partial charge in [0.05, 0.1) is 0 Å². The smallest absolute Gasteiger partial charge is 0.240 e. The minimum atomic E-state index is -2.20. The van der Waals surface area contributed by atoms with E-state index in [1.165, 1.54) is 0 Å². The normalized spacial score (nSPS) is 31.6. The van der Waals surface area contributed by atoms with Gasteiger partial charge in [0.1, 0.15) is 0 Å². The molecule has 0 aromatic rings. The Morgan fingerprint density at radius 1 is 1.55 bits per heavy atom. The molecule has 1 rings (SSSR count). The average molecular weight is 181 g/mol. The third-order valence-corrected chi connectivity index (χ3v) is 3.73. The topological polar surface area (TPSA) is 26.0 Å². The van der Waals surface area contributed by atoms with Crippen LogP contribution in [0.5, 0.6) is 0 Å². The van der Waals surface area contributed by atoms with Gasteiger partial charge in [-0.1, -0.05) is 0 Å². The van der Waals surface area contributed by atoms with E-state index < -0.39 is 6.43 Å². The zero-order valence-electron chi connectivity index (χ0n) is 6.35. The van der Waals surface area contributed by atoms with Crippen LogP contribution in [0.4, 0.5) is 8.78 Å². The highest BCUT2D eigenvalue weighted by Crippen LogP contribution is 2.41. The summed E-state index contributed by atoms with van der Waals surface area (Å²) in [6.45, 7) is 0.391. The van der Waals surface area contributed by atoms with Gasteiger partial charge in [0.25, 0.3) is 0 Å². The highest BCUT2D eigenvalue weighted by Gasteiger charge is 2.35. The molecule has 2 N–H and O–H groups in total. The zero-order chi connectivity index (χ0) is 8.32. The second-order valence-corrected chi connectivity index (χ2v) is 4.50. The maximum atomic E-state index is 12.0. The summed E-state index contributed by atoms with van der Waals surface area (Å²) >= 11 is 1.61. The number of rotatable bonds is 3. The molecule has 0 amide bonds. The molecule has 1 atom stereocenters. The number of hydrogen-bond donors (Lipinski definition) is 1. The van der Waals surface area contributed by atoms with Gasteiger partial charge in [0, 0.05) is 17.7 Å². The van der Waals surface area contributed by atoms with Gasteiger partial charge < -0.3 is 5.73 Å². The van der Waals surface area contributed by atoms with E-state index in [2.05, 4.69) is 0 Å². The molecule has 4 heteroatoms. The number of hydrogen-bond acceptors (Lipinski definition) is 2. The first kappa shape index (κ1) is 9.26. The SMILES string of the molecule is NCC1(CC(F)F)CCCS1. The van der Waals surface area contributed by atoms with E-state index in [1.807, 2.05) is 0 Å². The molecule has 0 aromatic carbocycles. The third-order valence-electron chi connectivity index (χ3n) is 2.08. The molecule has 0 aliphatic carbocycles. The van der Waals surface area contributed by atoms with Crippen molar-refractivity contribution in [1.29, 1.82) is 0 Å². The molecule has 0 bridgehead atoms. The second kappa shape index (κ2) is 3.72. The van der Waals surface area contributed by atoms with Crippen LogP contribution in [-0.2, 0) is 0 Å². The van der Waals surface area contributed by atoms with Gasteiger partial charge in [-0.25, -0.2) is 8.78 Å². The van der Waals surface area contributed by atoms with Crippen molar-refractivity contribution in [3.05, 3.63) is 0 Å². The molecule has 1 fully saturated rings. The number of nitrogens with two attached hydrogens (primary N) is 1. The first-order valence-electron chi connectivity index (χ1n) is 3.81. The molecule has 1 unspecified atom stereocenters. The Kier molecular flexibility index (Phi) is 3.13. The van der Waals surface area contributed by atoms with Gasteiger partial charge in [0.2, 0.25) is 6.43 Å². The Morgan fingerprint density at radius 2 is 2.27 bits per heavy atom.